The SMILES string of the molecule is CCCOc1cccc(/C=C2\SC(=S)NC2=O)c1. The van der Waals surface area contributed by atoms with Gasteiger partial charge >= 0.3 is 0 Å². The van der Waals surface area contributed by atoms with Gasteiger partial charge < -0.3 is 10.1 Å². The van der Waals surface area contributed by atoms with Crippen LogP contribution in [0.15, 0.2) is 29.2 Å². The average Bonchev–Trinajstić information content (AvgIpc) is 2.66. The topological polar surface area (TPSA) is 38.3 Å². The van der Waals surface area contributed by atoms with Crippen LogP contribution in [0, 0.1) is 0 Å². The molecule has 94 valence electrons. The molecule has 1 saturated heterocycles. The first-order valence-corrected chi connectivity index (χ1v) is 6.89. The van der Waals surface area contributed by atoms with E-state index in [1.165, 1.54) is 11.8 Å². The molecule has 0 atom stereocenters. The Morgan fingerprint density at radius 2 is 2.33 bits per heavy atom. The molecule has 0 spiro atoms. The lowest BCUT2D eigenvalue weighted by Crippen LogP contribution is -2.17. The fourth-order valence-corrected chi connectivity index (χ4v) is 2.53. The van der Waals surface area contributed by atoms with Crippen LogP contribution < -0.4 is 10.1 Å². The van der Waals surface area contributed by atoms with Crippen LogP contribution in [0.1, 0.15) is 18.9 Å². The minimum absolute atomic E-state index is 0.134. The Morgan fingerprint density at radius 1 is 1.50 bits per heavy atom. The van der Waals surface area contributed by atoms with Gasteiger partial charge in [0.25, 0.3) is 5.91 Å². The van der Waals surface area contributed by atoms with Crippen molar-refractivity contribution in [1.82, 2.24) is 5.32 Å². The maximum absolute atomic E-state index is 11.5. The molecule has 0 bridgehead atoms. The van der Waals surface area contributed by atoms with Crippen LogP contribution in [0.4, 0.5) is 0 Å². The number of amides is 1. The standard InChI is InChI=1S/C13H13NO2S2/c1-2-6-16-10-5-3-4-9(7-10)8-11-12(15)14-13(17)18-11/h3-5,7-8H,2,6H2,1H3,(H,14,15,17)/b11-8-. The third-order valence-corrected chi connectivity index (χ3v) is 3.43. The van der Waals surface area contributed by atoms with E-state index in [1.807, 2.05) is 30.3 Å². The van der Waals surface area contributed by atoms with Gasteiger partial charge in [-0.3, -0.25) is 4.79 Å². The highest BCUT2D eigenvalue weighted by Crippen LogP contribution is 2.26. The van der Waals surface area contributed by atoms with Gasteiger partial charge in [-0.05, 0) is 30.2 Å². The fraction of sp³-hybridized carbons (Fsp3) is 0.231. The molecule has 0 aliphatic carbocycles. The summed E-state index contributed by atoms with van der Waals surface area (Å²) in [6.45, 7) is 2.76. The van der Waals surface area contributed by atoms with E-state index in [4.69, 9.17) is 17.0 Å². The largest absolute Gasteiger partial charge is 0.494 e. The van der Waals surface area contributed by atoms with Gasteiger partial charge in [0, 0.05) is 0 Å². The highest BCUT2D eigenvalue weighted by atomic mass is 32.2. The number of thioether (sulfide) groups is 1. The summed E-state index contributed by atoms with van der Waals surface area (Å²) in [5.74, 6) is 0.682. The maximum Gasteiger partial charge on any atom is 0.263 e. The first-order chi connectivity index (χ1) is 8.69. The van der Waals surface area contributed by atoms with E-state index >= 15 is 0 Å². The molecule has 0 unspecified atom stereocenters. The molecule has 0 aromatic heterocycles. The molecule has 1 aliphatic heterocycles. The van der Waals surface area contributed by atoms with Gasteiger partial charge in [-0.2, -0.15) is 0 Å². The van der Waals surface area contributed by atoms with Gasteiger partial charge in [-0.25, -0.2) is 0 Å². The van der Waals surface area contributed by atoms with Gasteiger partial charge in [0.1, 0.15) is 10.1 Å². The number of ether oxygens (including phenoxy) is 1. The highest BCUT2D eigenvalue weighted by Gasteiger charge is 2.21. The minimum atomic E-state index is -0.134. The highest BCUT2D eigenvalue weighted by molar-refractivity contribution is 8.26. The third-order valence-electron chi connectivity index (χ3n) is 2.27. The van der Waals surface area contributed by atoms with E-state index < -0.39 is 0 Å². The van der Waals surface area contributed by atoms with Crippen molar-refractivity contribution < 1.29 is 9.53 Å². The maximum atomic E-state index is 11.5. The molecule has 5 heteroatoms. The molecule has 18 heavy (non-hydrogen) atoms. The molecule has 1 fully saturated rings. The zero-order valence-corrected chi connectivity index (χ0v) is 11.6. The van der Waals surface area contributed by atoms with Crippen LogP contribution in [0.25, 0.3) is 6.08 Å². The quantitative estimate of drug-likeness (QED) is 0.679. The normalized spacial score (nSPS) is 17.1. The van der Waals surface area contributed by atoms with Crippen molar-refractivity contribution in [2.75, 3.05) is 6.61 Å². The van der Waals surface area contributed by atoms with Crippen LogP contribution in [0.5, 0.6) is 5.75 Å². The van der Waals surface area contributed by atoms with Crippen molar-refractivity contribution in [2.24, 2.45) is 0 Å². The molecule has 0 radical (unpaired) electrons. The van der Waals surface area contributed by atoms with Gasteiger partial charge in [0.05, 0.1) is 11.5 Å². The van der Waals surface area contributed by atoms with Crippen molar-refractivity contribution in [3.63, 3.8) is 0 Å². The molecular formula is C13H13NO2S2. The summed E-state index contributed by atoms with van der Waals surface area (Å²) < 4.78 is 6.05. The Bertz CT molecular complexity index is 511. The molecule has 1 heterocycles. The van der Waals surface area contributed by atoms with Crippen LogP contribution >= 0.6 is 24.0 Å². The van der Waals surface area contributed by atoms with E-state index in [9.17, 15) is 4.79 Å². The summed E-state index contributed by atoms with van der Waals surface area (Å²) in [5.41, 5.74) is 0.936. The van der Waals surface area contributed by atoms with Gasteiger partial charge in [0.15, 0.2) is 0 Å². The van der Waals surface area contributed by atoms with Crippen molar-refractivity contribution in [2.45, 2.75) is 13.3 Å². The average molecular weight is 279 g/mol. The van der Waals surface area contributed by atoms with E-state index in [0.717, 1.165) is 17.7 Å². The van der Waals surface area contributed by atoms with Crippen LogP contribution in [-0.4, -0.2) is 16.8 Å². The molecule has 1 amide bonds. The van der Waals surface area contributed by atoms with Crippen LogP contribution in [0.3, 0.4) is 0 Å². The molecule has 1 aliphatic rings. The van der Waals surface area contributed by atoms with E-state index in [0.29, 0.717) is 15.8 Å². The molecule has 1 aromatic rings. The lowest BCUT2D eigenvalue weighted by Gasteiger charge is -2.04. The number of carbonyl (C=O) groups is 1. The number of thiocarbonyl (C=S) groups is 1. The minimum Gasteiger partial charge on any atom is -0.494 e. The Kier molecular flexibility index (Phi) is 4.38. The van der Waals surface area contributed by atoms with Crippen molar-refractivity contribution in [3.05, 3.63) is 34.7 Å². The number of nitrogens with one attached hydrogen (secondary N) is 1. The summed E-state index contributed by atoms with van der Waals surface area (Å²) in [5, 5.41) is 2.59. The van der Waals surface area contributed by atoms with Gasteiger partial charge in [-0.1, -0.05) is 43.0 Å². The number of hydrogen-bond acceptors (Lipinski definition) is 4. The van der Waals surface area contributed by atoms with Crippen molar-refractivity contribution in [1.29, 1.82) is 0 Å². The second-order valence-corrected chi connectivity index (χ2v) is 5.49. The predicted octanol–water partition coefficient (Wildman–Crippen LogP) is 2.96. The first-order valence-electron chi connectivity index (χ1n) is 5.67. The van der Waals surface area contributed by atoms with Crippen LogP contribution in [0.2, 0.25) is 0 Å². The van der Waals surface area contributed by atoms with Crippen molar-refractivity contribution >= 4 is 40.3 Å². The molecule has 1 aromatic carbocycles. The Hall–Kier alpha value is -1.33. The Morgan fingerprint density at radius 3 is 3.00 bits per heavy atom. The molecule has 0 saturated carbocycles. The Balaban J connectivity index is 2.16. The smallest absolute Gasteiger partial charge is 0.263 e. The first kappa shape index (κ1) is 13.1. The molecule has 3 nitrogen and oxygen atoms in total. The number of rotatable bonds is 4. The van der Waals surface area contributed by atoms with E-state index in [-0.39, 0.29) is 5.91 Å². The lowest BCUT2D eigenvalue weighted by atomic mass is 10.2. The second kappa shape index (κ2) is 6.02. The zero-order chi connectivity index (χ0) is 13.0. The summed E-state index contributed by atoms with van der Waals surface area (Å²) in [6, 6.07) is 7.66. The Labute approximate surface area is 116 Å². The summed E-state index contributed by atoms with van der Waals surface area (Å²) >= 11 is 6.22. The molecular weight excluding hydrogens is 266 g/mol. The zero-order valence-electron chi connectivity index (χ0n) is 9.93. The third kappa shape index (κ3) is 3.34. The van der Waals surface area contributed by atoms with Gasteiger partial charge in [-0.15, -0.1) is 0 Å². The number of carbonyl (C=O) groups excluding carboxylic acids is 1. The van der Waals surface area contributed by atoms with E-state index in [2.05, 4.69) is 12.2 Å². The van der Waals surface area contributed by atoms with Crippen LogP contribution in [-0.2, 0) is 4.79 Å². The monoisotopic (exact) mass is 279 g/mol. The summed E-state index contributed by atoms with van der Waals surface area (Å²) in [6.07, 6.45) is 2.79. The fourth-order valence-electron chi connectivity index (χ4n) is 1.49. The van der Waals surface area contributed by atoms with Crippen molar-refractivity contribution in [3.8, 4) is 5.75 Å². The summed E-state index contributed by atoms with van der Waals surface area (Å²) in [4.78, 5) is 12.1. The molecule has 2 rings (SSSR count). The summed E-state index contributed by atoms with van der Waals surface area (Å²) in [7, 11) is 0. The second-order valence-electron chi connectivity index (χ2n) is 3.77. The lowest BCUT2D eigenvalue weighted by molar-refractivity contribution is -0.115. The van der Waals surface area contributed by atoms with Gasteiger partial charge in [0.2, 0.25) is 0 Å². The predicted molar refractivity (Wildman–Crippen MR) is 78.5 cm³/mol. The number of benzene rings is 1. The molecule has 1 N–H and O–H groups in total. The number of hydrogen-bond donors (Lipinski definition) is 1. The van der Waals surface area contributed by atoms with E-state index in [1.54, 1.807) is 0 Å².